The van der Waals surface area contributed by atoms with Crippen molar-refractivity contribution in [2.45, 2.75) is 64.0 Å². The Balaban J connectivity index is 1.96. The van der Waals surface area contributed by atoms with Crippen LogP contribution < -0.4 is 10.1 Å². The number of hydrogen-bond acceptors (Lipinski definition) is 3. The first-order valence-corrected chi connectivity index (χ1v) is 8.33. The quantitative estimate of drug-likeness (QED) is 0.810. The minimum absolute atomic E-state index is 0.151. The van der Waals surface area contributed by atoms with Crippen molar-refractivity contribution in [3.05, 3.63) is 29.8 Å². The average molecular weight is 291 g/mol. The van der Waals surface area contributed by atoms with E-state index in [1.807, 2.05) is 0 Å². The zero-order valence-corrected chi connectivity index (χ0v) is 13.4. The van der Waals surface area contributed by atoms with Crippen molar-refractivity contribution in [1.82, 2.24) is 5.32 Å². The lowest BCUT2D eigenvalue weighted by Crippen LogP contribution is -2.53. The van der Waals surface area contributed by atoms with Crippen LogP contribution in [0.1, 0.15) is 51.5 Å². The molecule has 2 N–H and O–H groups in total. The zero-order chi connectivity index (χ0) is 15.1. The van der Waals surface area contributed by atoms with Gasteiger partial charge in [0.1, 0.15) is 11.9 Å². The van der Waals surface area contributed by atoms with E-state index >= 15 is 0 Å². The molecule has 0 heterocycles. The van der Waals surface area contributed by atoms with E-state index in [1.54, 1.807) is 0 Å². The third-order valence-corrected chi connectivity index (χ3v) is 4.49. The molecule has 1 aliphatic rings. The zero-order valence-electron chi connectivity index (χ0n) is 13.4. The summed E-state index contributed by atoms with van der Waals surface area (Å²) in [6.07, 6.45) is 6.45. The first-order chi connectivity index (χ1) is 10.2. The Morgan fingerprint density at radius 3 is 2.67 bits per heavy atom. The van der Waals surface area contributed by atoms with Gasteiger partial charge in [-0.3, -0.25) is 0 Å². The molecule has 0 amide bonds. The largest absolute Gasteiger partial charge is 0.490 e. The van der Waals surface area contributed by atoms with E-state index in [9.17, 15) is 5.11 Å². The van der Waals surface area contributed by atoms with Gasteiger partial charge in [0.05, 0.1) is 6.61 Å². The highest BCUT2D eigenvalue weighted by Crippen LogP contribution is 2.31. The van der Waals surface area contributed by atoms with E-state index < -0.39 is 0 Å². The molecule has 3 nitrogen and oxygen atoms in total. The van der Waals surface area contributed by atoms with Crippen LogP contribution in [0.5, 0.6) is 5.75 Å². The van der Waals surface area contributed by atoms with E-state index in [1.165, 1.54) is 5.56 Å². The molecule has 1 fully saturated rings. The van der Waals surface area contributed by atoms with Crippen LogP contribution in [0, 0.1) is 0 Å². The molecule has 0 saturated heterocycles. The lowest BCUT2D eigenvalue weighted by atomic mass is 9.80. The Kier molecular flexibility index (Phi) is 6.07. The second-order valence-corrected chi connectivity index (χ2v) is 6.20. The van der Waals surface area contributed by atoms with Crippen LogP contribution in [0.2, 0.25) is 0 Å². The van der Waals surface area contributed by atoms with Crippen molar-refractivity contribution >= 4 is 0 Å². The predicted octanol–water partition coefficient (Wildman–Crippen LogP) is 3.30. The molecule has 118 valence electrons. The van der Waals surface area contributed by atoms with Crippen LogP contribution in [0.4, 0.5) is 0 Å². The number of aliphatic hydroxyl groups is 1. The highest BCUT2D eigenvalue weighted by molar-refractivity contribution is 5.27. The van der Waals surface area contributed by atoms with Crippen molar-refractivity contribution in [2.75, 3.05) is 13.2 Å². The smallest absolute Gasteiger partial charge is 0.119 e. The molecule has 1 aromatic carbocycles. The molecule has 1 aliphatic carbocycles. The summed E-state index contributed by atoms with van der Waals surface area (Å²) < 4.78 is 6.14. The Bertz CT molecular complexity index is 418. The SMILES string of the molecule is CCCNC1(CO)CCCC(Oc2ccc(CC)cc2)C1. The summed E-state index contributed by atoms with van der Waals surface area (Å²) in [7, 11) is 0. The van der Waals surface area contributed by atoms with Crippen molar-refractivity contribution in [3.63, 3.8) is 0 Å². The third kappa shape index (κ3) is 4.45. The van der Waals surface area contributed by atoms with Crippen LogP contribution in [-0.2, 0) is 6.42 Å². The van der Waals surface area contributed by atoms with Crippen LogP contribution in [-0.4, -0.2) is 29.9 Å². The number of aryl methyl sites for hydroxylation is 1. The van der Waals surface area contributed by atoms with Crippen LogP contribution in [0.3, 0.4) is 0 Å². The maximum absolute atomic E-state index is 9.80. The van der Waals surface area contributed by atoms with Gasteiger partial charge in [-0.15, -0.1) is 0 Å². The molecule has 2 rings (SSSR count). The lowest BCUT2D eigenvalue weighted by molar-refractivity contribution is 0.0511. The summed E-state index contributed by atoms with van der Waals surface area (Å²) in [5.41, 5.74) is 1.18. The molecule has 21 heavy (non-hydrogen) atoms. The minimum Gasteiger partial charge on any atom is -0.490 e. The summed E-state index contributed by atoms with van der Waals surface area (Å²) in [5, 5.41) is 13.3. The van der Waals surface area contributed by atoms with Gasteiger partial charge in [-0.2, -0.15) is 0 Å². The number of hydrogen-bond donors (Lipinski definition) is 2. The maximum atomic E-state index is 9.80. The van der Waals surface area contributed by atoms with E-state index in [0.717, 1.165) is 50.8 Å². The van der Waals surface area contributed by atoms with Crippen LogP contribution in [0.15, 0.2) is 24.3 Å². The highest BCUT2D eigenvalue weighted by atomic mass is 16.5. The molecule has 0 radical (unpaired) electrons. The maximum Gasteiger partial charge on any atom is 0.119 e. The minimum atomic E-state index is -0.151. The van der Waals surface area contributed by atoms with Gasteiger partial charge in [-0.05, 0) is 56.3 Å². The van der Waals surface area contributed by atoms with Crippen molar-refractivity contribution < 1.29 is 9.84 Å². The molecular formula is C18H29NO2. The second-order valence-electron chi connectivity index (χ2n) is 6.20. The Hall–Kier alpha value is -1.06. The summed E-state index contributed by atoms with van der Waals surface area (Å²) in [4.78, 5) is 0. The molecule has 2 unspecified atom stereocenters. The number of rotatable bonds is 7. The number of ether oxygens (including phenoxy) is 1. The predicted molar refractivity (Wildman–Crippen MR) is 86.8 cm³/mol. The molecule has 0 spiro atoms. The Labute approximate surface area is 128 Å². The molecule has 1 aromatic rings. The molecule has 1 saturated carbocycles. The van der Waals surface area contributed by atoms with Crippen LogP contribution >= 0.6 is 0 Å². The fourth-order valence-electron chi connectivity index (χ4n) is 3.16. The van der Waals surface area contributed by atoms with Crippen molar-refractivity contribution in [2.24, 2.45) is 0 Å². The van der Waals surface area contributed by atoms with Gasteiger partial charge in [0.15, 0.2) is 0 Å². The average Bonchev–Trinajstić information content (AvgIpc) is 2.54. The van der Waals surface area contributed by atoms with Gasteiger partial charge in [-0.1, -0.05) is 26.0 Å². The van der Waals surface area contributed by atoms with Gasteiger partial charge < -0.3 is 15.2 Å². The second kappa shape index (κ2) is 7.81. The standard InChI is InChI=1S/C18H29NO2/c1-3-12-19-18(14-20)11-5-6-17(13-18)21-16-9-7-15(4-2)8-10-16/h7-10,17,19-20H,3-6,11-14H2,1-2H3. The fraction of sp³-hybridized carbons (Fsp3) is 0.667. The molecule has 0 aliphatic heterocycles. The summed E-state index contributed by atoms with van der Waals surface area (Å²) >= 11 is 0. The van der Waals surface area contributed by atoms with E-state index in [-0.39, 0.29) is 18.2 Å². The molecule has 0 aromatic heterocycles. The van der Waals surface area contributed by atoms with Crippen LogP contribution in [0.25, 0.3) is 0 Å². The third-order valence-electron chi connectivity index (χ3n) is 4.49. The first-order valence-electron chi connectivity index (χ1n) is 8.33. The summed E-state index contributed by atoms with van der Waals surface area (Å²) in [6.45, 7) is 5.47. The van der Waals surface area contributed by atoms with Gasteiger partial charge in [0.2, 0.25) is 0 Å². The number of nitrogens with one attached hydrogen (secondary N) is 1. The lowest BCUT2D eigenvalue weighted by Gasteiger charge is -2.40. The fourth-order valence-corrected chi connectivity index (χ4v) is 3.16. The Morgan fingerprint density at radius 2 is 2.05 bits per heavy atom. The highest BCUT2D eigenvalue weighted by Gasteiger charge is 2.36. The van der Waals surface area contributed by atoms with Crippen molar-refractivity contribution in [1.29, 1.82) is 0 Å². The van der Waals surface area contributed by atoms with Gasteiger partial charge in [-0.25, -0.2) is 0 Å². The molecular weight excluding hydrogens is 262 g/mol. The Morgan fingerprint density at radius 1 is 1.29 bits per heavy atom. The summed E-state index contributed by atoms with van der Waals surface area (Å²) in [6, 6.07) is 8.39. The van der Waals surface area contributed by atoms with E-state index in [2.05, 4.69) is 43.4 Å². The topological polar surface area (TPSA) is 41.5 Å². The van der Waals surface area contributed by atoms with Gasteiger partial charge >= 0.3 is 0 Å². The number of benzene rings is 1. The monoisotopic (exact) mass is 291 g/mol. The first kappa shape index (κ1) is 16.3. The van der Waals surface area contributed by atoms with Gasteiger partial charge in [0, 0.05) is 12.0 Å². The molecule has 2 atom stereocenters. The van der Waals surface area contributed by atoms with Crippen molar-refractivity contribution in [3.8, 4) is 5.75 Å². The number of aliphatic hydroxyl groups excluding tert-OH is 1. The van der Waals surface area contributed by atoms with E-state index in [4.69, 9.17) is 4.74 Å². The van der Waals surface area contributed by atoms with E-state index in [0.29, 0.717) is 0 Å². The molecule has 3 heteroatoms. The van der Waals surface area contributed by atoms with Gasteiger partial charge in [0.25, 0.3) is 0 Å². The normalized spacial score (nSPS) is 25.8. The summed E-state index contributed by atoms with van der Waals surface area (Å²) in [5.74, 6) is 0.946. The molecule has 0 bridgehead atoms.